The Hall–Kier alpha value is -1.66. The molecule has 1 aromatic carbocycles. The van der Waals surface area contributed by atoms with Crippen LogP contribution in [-0.4, -0.2) is 41.5 Å². The Morgan fingerprint density at radius 3 is 2.71 bits per heavy atom. The smallest absolute Gasteiger partial charge is 0.288 e. The predicted molar refractivity (Wildman–Crippen MR) is 78.7 cm³/mol. The highest BCUT2D eigenvalue weighted by Gasteiger charge is 2.25. The Labute approximate surface area is 127 Å². The van der Waals surface area contributed by atoms with Gasteiger partial charge in [-0.15, -0.1) is 0 Å². The lowest BCUT2D eigenvalue weighted by molar-refractivity contribution is -0.384. The maximum atomic E-state index is 12.4. The molecule has 0 radical (unpaired) electrons. The monoisotopic (exact) mass is 312 g/mol. The number of piperidine rings is 1. The van der Waals surface area contributed by atoms with E-state index in [1.165, 1.54) is 18.2 Å². The molecule has 6 nitrogen and oxygen atoms in total. The third-order valence-electron chi connectivity index (χ3n) is 3.52. The van der Waals surface area contributed by atoms with Crippen LogP contribution >= 0.6 is 11.6 Å². The molecule has 1 amide bonds. The number of nitrogens with zero attached hydrogens (tertiary/aromatic N) is 2. The molecule has 1 saturated heterocycles. The number of hydrogen-bond donors (Lipinski definition) is 0. The maximum Gasteiger partial charge on any atom is 0.288 e. The first kappa shape index (κ1) is 15.7. The van der Waals surface area contributed by atoms with Gasteiger partial charge in [0.2, 0.25) is 0 Å². The molecule has 7 heteroatoms. The van der Waals surface area contributed by atoms with Gasteiger partial charge in [0.15, 0.2) is 0 Å². The van der Waals surface area contributed by atoms with Crippen LogP contribution in [0.1, 0.15) is 30.1 Å². The third kappa shape index (κ3) is 3.71. The van der Waals surface area contributed by atoms with Gasteiger partial charge in [-0.3, -0.25) is 14.9 Å². The van der Waals surface area contributed by atoms with Crippen molar-refractivity contribution in [3.63, 3.8) is 0 Å². The molecular weight excluding hydrogens is 296 g/mol. The summed E-state index contributed by atoms with van der Waals surface area (Å²) in [6.07, 6.45) is 1.77. The summed E-state index contributed by atoms with van der Waals surface area (Å²) in [7, 11) is 0. The second-order valence-corrected chi connectivity index (χ2v) is 5.28. The van der Waals surface area contributed by atoms with Crippen molar-refractivity contribution in [2.45, 2.75) is 25.9 Å². The fourth-order valence-electron chi connectivity index (χ4n) is 2.43. The van der Waals surface area contributed by atoms with Crippen LogP contribution < -0.4 is 0 Å². The predicted octanol–water partition coefficient (Wildman–Crippen LogP) is 2.89. The zero-order valence-corrected chi connectivity index (χ0v) is 12.5. The minimum absolute atomic E-state index is 0.0339. The Kier molecular flexibility index (Phi) is 5.14. The Bertz CT molecular complexity index is 542. The van der Waals surface area contributed by atoms with Gasteiger partial charge in [0.05, 0.1) is 11.0 Å². The Balaban J connectivity index is 2.07. The van der Waals surface area contributed by atoms with Crippen molar-refractivity contribution in [3.05, 3.63) is 38.9 Å². The molecule has 1 aliphatic heterocycles. The number of nitro groups is 1. The van der Waals surface area contributed by atoms with Crippen LogP contribution in [0, 0.1) is 10.1 Å². The van der Waals surface area contributed by atoms with Crippen LogP contribution in [0.5, 0.6) is 0 Å². The summed E-state index contributed by atoms with van der Waals surface area (Å²) in [5, 5.41) is 10.9. The van der Waals surface area contributed by atoms with Gasteiger partial charge >= 0.3 is 0 Å². The summed E-state index contributed by atoms with van der Waals surface area (Å²) in [6.45, 7) is 3.81. The van der Waals surface area contributed by atoms with Crippen molar-refractivity contribution in [1.29, 1.82) is 0 Å². The van der Waals surface area contributed by atoms with E-state index in [0.29, 0.717) is 25.3 Å². The summed E-state index contributed by atoms with van der Waals surface area (Å²) >= 11 is 5.75. The normalized spacial score (nSPS) is 16.0. The molecule has 0 atom stereocenters. The molecule has 0 spiro atoms. The lowest BCUT2D eigenvalue weighted by atomic mass is 10.1. The molecule has 0 bridgehead atoms. The standard InChI is InChI=1S/C14H17ClN2O4/c1-2-21-11-5-7-16(8-6-11)14(18)10-3-4-12(15)13(9-10)17(19)20/h3-4,9,11H,2,5-8H2,1H3. The lowest BCUT2D eigenvalue weighted by Crippen LogP contribution is -2.40. The number of carbonyl (C=O) groups is 1. The summed E-state index contributed by atoms with van der Waals surface area (Å²) < 4.78 is 5.54. The molecule has 0 N–H and O–H groups in total. The summed E-state index contributed by atoms with van der Waals surface area (Å²) in [4.78, 5) is 24.4. The van der Waals surface area contributed by atoms with Gasteiger partial charge in [0.25, 0.3) is 11.6 Å². The van der Waals surface area contributed by atoms with Crippen LogP contribution in [0.4, 0.5) is 5.69 Å². The Morgan fingerprint density at radius 1 is 1.48 bits per heavy atom. The highest BCUT2D eigenvalue weighted by molar-refractivity contribution is 6.32. The van der Waals surface area contributed by atoms with Gasteiger partial charge < -0.3 is 9.64 Å². The molecule has 1 heterocycles. The molecule has 114 valence electrons. The first-order valence-electron chi connectivity index (χ1n) is 6.87. The van der Waals surface area contributed by atoms with Crippen LogP contribution in [0.15, 0.2) is 18.2 Å². The summed E-state index contributed by atoms with van der Waals surface area (Å²) in [5.74, 6) is -0.204. The zero-order chi connectivity index (χ0) is 15.4. The molecule has 1 fully saturated rings. The molecule has 0 aromatic heterocycles. The highest BCUT2D eigenvalue weighted by atomic mass is 35.5. The van der Waals surface area contributed by atoms with E-state index in [1.54, 1.807) is 4.90 Å². The molecular formula is C14H17ClN2O4. The first-order valence-corrected chi connectivity index (χ1v) is 7.25. The van der Waals surface area contributed by atoms with Crippen molar-refractivity contribution < 1.29 is 14.5 Å². The number of halogens is 1. The molecule has 2 rings (SSSR count). The topological polar surface area (TPSA) is 72.7 Å². The van der Waals surface area contributed by atoms with Crippen LogP contribution in [0.3, 0.4) is 0 Å². The van der Waals surface area contributed by atoms with Crippen LogP contribution in [0.25, 0.3) is 0 Å². The second-order valence-electron chi connectivity index (χ2n) is 4.87. The first-order chi connectivity index (χ1) is 10.0. The number of benzene rings is 1. The largest absolute Gasteiger partial charge is 0.378 e. The van der Waals surface area contributed by atoms with Crippen molar-refractivity contribution in [2.75, 3.05) is 19.7 Å². The summed E-state index contributed by atoms with van der Waals surface area (Å²) in [5.41, 5.74) is 0.0488. The number of rotatable bonds is 4. The second kappa shape index (κ2) is 6.87. The average molecular weight is 313 g/mol. The van der Waals surface area contributed by atoms with Gasteiger partial charge in [0, 0.05) is 31.3 Å². The molecule has 0 saturated carbocycles. The van der Waals surface area contributed by atoms with E-state index in [-0.39, 0.29) is 22.7 Å². The van der Waals surface area contributed by atoms with E-state index in [1.807, 2.05) is 6.92 Å². The van der Waals surface area contributed by atoms with E-state index in [2.05, 4.69) is 0 Å². The van der Waals surface area contributed by atoms with E-state index in [0.717, 1.165) is 12.8 Å². The number of carbonyl (C=O) groups excluding carboxylic acids is 1. The SMILES string of the molecule is CCOC1CCN(C(=O)c2ccc(Cl)c([N+](=O)[O-])c2)CC1. The number of ether oxygens (including phenoxy) is 1. The van der Waals surface area contributed by atoms with Crippen LogP contribution in [0.2, 0.25) is 5.02 Å². The van der Waals surface area contributed by atoms with Crippen molar-refractivity contribution in [2.24, 2.45) is 0 Å². The quantitative estimate of drug-likeness (QED) is 0.633. The highest BCUT2D eigenvalue weighted by Crippen LogP contribution is 2.26. The van der Waals surface area contributed by atoms with E-state index < -0.39 is 4.92 Å². The minimum Gasteiger partial charge on any atom is -0.378 e. The number of hydrogen-bond acceptors (Lipinski definition) is 4. The number of nitro benzene ring substituents is 1. The third-order valence-corrected chi connectivity index (χ3v) is 3.84. The van der Waals surface area contributed by atoms with Gasteiger partial charge in [-0.1, -0.05) is 11.6 Å². The lowest BCUT2D eigenvalue weighted by Gasteiger charge is -2.31. The van der Waals surface area contributed by atoms with Crippen molar-refractivity contribution in [1.82, 2.24) is 4.90 Å². The van der Waals surface area contributed by atoms with Gasteiger partial charge in [0.1, 0.15) is 5.02 Å². The molecule has 1 aromatic rings. The van der Waals surface area contributed by atoms with E-state index in [9.17, 15) is 14.9 Å². The van der Waals surface area contributed by atoms with Gasteiger partial charge in [-0.05, 0) is 31.9 Å². The minimum atomic E-state index is -0.583. The Morgan fingerprint density at radius 2 is 2.14 bits per heavy atom. The van der Waals surface area contributed by atoms with E-state index >= 15 is 0 Å². The summed E-state index contributed by atoms with van der Waals surface area (Å²) in [6, 6.07) is 4.14. The zero-order valence-electron chi connectivity index (χ0n) is 11.8. The fraction of sp³-hybridized carbons (Fsp3) is 0.500. The number of amides is 1. The molecule has 0 aliphatic carbocycles. The average Bonchev–Trinajstić information content (AvgIpc) is 2.48. The molecule has 1 aliphatic rings. The number of likely N-dealkylation sites (tertiary alicyclic amines) is 1. The maximum absolute atomic E-state index is 12.4. The van der Waals surface area contributed by atoms with Crippen molar-refractivity contribution >= 4 is 23.2 Å². The molecule has 0 unspecified atom stereocenters. The van der Waals surface area contributed by atoms with E-state index in [4.69, 9.17) is 16.3 Å². The van der Waals surface area contributed by atoms with Gasteiger partial charge in [-0.2, -0.15) is 0 Å². The van der Waals surface area contributed by atoms with Gasteiger partial charge in [-0.25, -0.2) is 0 Å². The fourth-order valence-corrected chi connectivity index (χ4v) is 2.62. The van der Waals surface area contributed by atoms with Crippen LogP contribution in [-0.2, 0) is 4.74 Å². The molecule has 21 heavy (non-hydrogen) atoms. The van der Waals surface area contributed by atoms with Crippen molar-refractivity contribution in [3.8, 4) is 0 Å².